The molecular formula is C14H16N2O. The second-order valence-electron chi connectivity index (χ2n) is 4.09. The summed E-state index contributed by atoms with van der Waals surface area (Å²) in [5.41, 5.74) is 2.78. The van der Waals surface area contributed by atoms with Crippen LogP contribution in [0.3, 0.4) is 0 Å². The summed E-state index contributed by atoms with van der Waals surface area (Å²) in [7, 11) is 4.00. The van der Waals surface area contributed by atoms with E-state index in [9.17, 15) is 5.11 Å². The number of hydrogen-bond donors (Lipinski definition) is 2. The van der Waals surface area contributed by atoms with E-state index in [0.717, 1.165) is 11.4 Å². The largest absolute Gasteiger partial charge is 0.506 e. The van der Waals surface area contributed by atoms with E-state index in [-0.39, 0.29) is 5.75 Å². The van der Waals surface area contributed by atoms with Gasteiger partial charge in [0.05, 0.1) is 5.69 Å². The number of rotatable bonds is 3. The topological polar surface area (TPSA) is 35.5 Å². The van der Waals surface area contributed by atoms with Gasteiger partial charge in [0, 0.05) is 25.5 Å². The molecule has 0 saturated carbocycles. The molecule has 2 N–H and O–H groups in total. The number of para-hydroxylation sites is 2. The van der Waals surface area contributed by atoms with Crippen LogP contribution in [0.2, 0.25) is 0 Å². The van der Waals surface area contributed by atoms with Gasteiger partial charge in [0.2, 0.25) is 0 Å². The summed E-state index contributed by atoms with van der Waals surface area (Å²) in [5.74, 6) is 0.253. The van der Waals surface area contributed by atoms with Crippen molar-refractivity contribution in [2.24, 2.45) is 0 Å². The fourth-order valence-corrected chi connectivity index (χ4v) is 1.60. The second-order valence-corrected chi connectivity index (χ2v) is 4.09. The highest BCUT2D eigenvalue weighted by atomic mass is 16.3. The van der Waals surface area contributed by atoms with E-state index >= 15 is 0 Å². The molecule has 0 spiro atoms. The van der Waals surface area contributed by atoms with Crippen molar-refractivity contribution in [3.63, 3.8) is 0 Å². The lowest BCUT2D eigenvalue weighted by Gasteiger charge is -2.14. The summed E-state index contributed by atoms with van der Waals surface area (Å²) in [6.07, 6.45) is 0. The molecule has 0 aliphatic carbocycles. The average molecular weight is 228 g/mol. The van der Waals surface area contributed by atoms with E-state index in [4.69, 9.17) is 0 Å². The molecule has 0 aromatic heterocycles. The van der Waals surface area contributed by atoms with Gasteiger partial charge in [0.25, 0.3) is 0 Å². The maximum atomic E-state index is 9.68. The first kappa shape index (κ1) is 11.3. The SMILES string of the molecule is CN(C)c1cccc(Nc2ccccc2O)c1. The number of benzene rings is 2. The molecule has 0 aliphatic heterocycles. The third kappa shape index (κ3) is 2.69. The number of phenols is 1. The van der Waals surface area contributed by atoms with Crippen molar-refractivity contribution in [2.75, 3.05) is 24.3 Å². The molecule has 0 saturated heterocycles. The van der Waals surface area contributed by atoms with Crippen LogP contribution in [-0.2, 0) is 0 Å². The number of nitrogens with one attached hydrogen (secondary N) is 1. The molecule has 17 heavy (non-hydrogen) atoms. The molecule has 0 bridgehead atoms. The Morgan fingerprint density at radius 3 is 2.47 bits per heavy atom. The minimum absolute atomic E-state index is 0.253. The Morgan fingerprint density at radius 2 is 1.76 bits per heavy atom. The molecule has 0 aliphatic rings. The van der Waals surface area contributed by atoms with Crippen LogP contribution in [-0.4, -0.2) is 19.2 Å². The van der Waals surface area contributed by atoms with Crippen LogP contribution >= 0.6 is 0 Å². The monoisotopic (exact) mass is 228 g/mol. The van der Waals surface area contributed by atoms with Gasteiger partial charge in [0.15, 0.2) is 0 Å². The number of nitrogens with zero attached hydrogens (tertiary/aromatic N) is 1. The van der Waals surface area contributed by atoms with Crippen LogP contribution in [0.25, 0.3) is 0 Å². The number of anilines is 3. The van der Waals surface area contributed by atoms with Gasteiger partial charge in [-0.1, -0.05) is 18.2 Å². The lowest BCUT2D eigenvalue weighted by atomic mass is 10.2. The number of aromatic hydroxyl groups is 1. The van der Waals surface area contributed by atoms with Gasteiger partial charge < -0.3 is 15.3 Å². The zero-order chi connectivity index (χ0) is 12.3. The summed E-state index contributed by atoms with van der Waals surface area (Å²) in [6, 6.07) is 15.2. The van der Waals surface area contributed by atoms with Crippen molar-refractivity contribution >= 4 is 17.1 Å². The third-order valence-corrected chi connectivity index (χ3v) is 2.55. The molecule has 0 fully saturated rings. The molecule has 3 heteroatoms. The van der Waals surface area contributed by atoms with E-state index in [2.05, 4.69) is 5.32 Å². The molecule has 2 aromatic carbocycles. The van der Waals surface area contributed by atoms with Crippen molar-refractivity contribution in [1.29, 1.82) is 0 Å². The molecular weight excluding hydrogens is 212 g/mol. The molecule has 0 amide bonds. The van der Waals surface area contributed by atoms with Gasteiger partial charge in [0.1, 0.15) is 5.75 Å². The standard InChI is InChI=1S/C14H16N2O/c1-16(2)12-7-5-6-11(10-12)15-13-8-3-4-9-14(13)17/h3-10,15,17H,1-2H3. The molecule has 0 radical (unpaired) electrons. The first-order valence-electron chi connectivity index (χ1n) is 5.49. The Labute approximate surface area is 101 Å². The van der Waals surface area contributed by atoms with Gasteiger partial charge in [-0.15, -0.1) is 0 Å². The van der Waals surface area contributed by atoms with Gasteiger partial charge in [-0.25, -0.2) is 0 Å². The molecule has 2 rings (SSSR count). The summed E-state index contributed by atoms with van der Waals surface area (Å²) < 4.78 is 0. The Bertz CT molecular complexity index is 509. The predicted molar refractivity (Wildman–Crippen MR) is 72.2 cm³/mol. The molecule has 2 aromatic rings. The first-order chi connectivity index (χ1) is 8.16. The Morgan fingerprint density at radius 1 is 1.00 bits per heavy atom. The Balaban J connectivity index is 2.25. The summed E-state index contributed by atoms with van der Waals surface area (Å²) >= 11 is 0. The predicted octanol–water partition coefficient (Wildman–Crippen LogP) is 3.20. The van der Waals surface area contributed by atoms with Crippen molar-refractivity contribution in [2.45, 2.75) is 0 Å². The highest BCUT2D eigenvalue weighted by molar-refractivity contribution is 5.68. The highest BCUT2D eigenvalue weighted by Gasteiger charge is 2.01. The lowest BCUT2D eigenvalue weighted by Crippen LogP contribution is -2.08. The van der Waals surface area contributed by atoms with Gasteiger partial charge in [-0.3, -0.25) is 0 Å². The van der Waals surface area contributed by atoms with Crippen LogP contribution in [0.1, 0.15) is 0 Å². The number of phenolic OH excluding ortho intramolecular Hbond substituents is 1. The Kier molecular flexibility index (Phi) is 3.19. The summed E-state index contributed by atoms with van der Waals surface area (Å²) in [6.45, 7) is 0. The zero-order valence-corrected chi connectivity index (χ0v) is 10.0. The maximum Gasteiger partial charge on any atom is 0.139 e. The zero-order valence-electron chi connectivity index (χ0n) is 10.0. The van der Waals surface area contributed by atoms with Crippen molar-refractivity contribution in [1.82, 2.24) is 0 Å². The van der Waals surface area contributed by atoms with Crippen LogP contribution in [0.5, 0.6) is 5.75 Å². The lowest BCUT2D eigenvalue weighted by molar-refractivity contribution is 0.478. The van der Waals surface area contributed by atoms with Crippen LogP contribution in [0, 0.1) is 0 Å². The summed E-state index contributed by atoms with van der Waals surface area (Å²) in [5, 5.41) is 12.9. The van der Waals surface area contributed by atoms with Crippen molar-refractivity contribution < 1.29 is 5.11 Å². The van der Waals surface area contributed by atoms with Crippen LogP contribution < -0.4 is 10.2 Å². The normalized spacial score (nSPS) is 10.0. The molecule has 0 atom stereocenters. The van der Waals surface area contributed by atoms with Gasteiger partial charge in [-0.2, -0.15) is 0 Å². The number of hydrogen-bond acceptors (Lipinski definition) is 3. The van der Waals surface area contributed by atoms with Crippen LogP contribution in [0.15, 0.2) is 48.5 Å². The van der Waals surface area contributed by atoms with Gasteiger partial charge in [-0.05, 0) is 30.3 Å². The smallest absolute Gasteiger partial charge is 0.139 e. The van der Waals surface area contributed by atoms with E-state index in [1.54, 1.807) is 12.1 Å². The van der Waals surface area contributed by atoms with Gasteiger partial charge >= 0.3 is 0 Å². The first-order valence-corrected chi connectivity index (χ1v) is 5.49. The van der Waals surface area contributed by atoms with Crippen molar-refractivity contribution in [3.8, 4) is 5.75 Å². The molecule has 3 nitrogen and oxygen atoms in total. The quantitative estimate of drug-likeness (QED) is 0.792. The fourth-order valence-electron chi connectivity index (χ4n) is 1.60. The van der Waals surface area contributed by atoms with E-state index < -0.39 is 0 Å². The van der Waals surface area contributed by atoms with Crippen molar-refractivity contribution in [3.05, 3.63) is 48.5 Å². The molecule has 0 unspecified atom stereocenters. The molecule has 0 heterocycles. The van der Waals surface area contributed by atoms with Crippen LogP contribution in [0.4, 0.5) is 17.1 Å². The Hall–Kier alpha value is -2.16. The third-order valence-electron chi connectivity index (χ3n) is 2.55. The second kappa shape index (κ2) is 4.78. The van der Waals surface area contributed by atoms with E-state index in [1.165, 1.54) is 0 Å². The minimum atomic E-state index is 0.253. The maximum absolute atomic E-state index is 9.68. The average Bonchev–Trinajstić information content (AvgIpc) is 2.32. The fraction of sp³-hybridized carbons (Fsp3) is 0.143. The minimum Gasteiger partial charge on any atom is -0.506 e. The highest BCUT2D eigenvalue weighted by Crippen LogP contribution is 2.27. The van der Waals surface area contributed by atoms with E-state index in [1.807, 2.05) is 55.4 Å². The van der Waals surface area contributed by atoms with E-state index in [0.29, 0.717) is 5.69 Å². The molecule has 88 valence electrons. The summed E-state index contributed by atoms with van der Waals surface area (Å²) in [4.78, 5) is 2.04.